The summed E-state index contributed by atoms with van der Waals surface area (Å²) in [6, 6.07) is 5.78. The normalized spacial score (nSPS) is 11.4. The summed E-state index contributed by atoms with van der Waals surface area (Å²) in [6.45, 7) is 4.11. The highest BCUT2D eigenvalue weighted by molar-refractivity contribution is 7.95. The quantitative estimate of drug-likeness (QED) is 0.193. The van der Waals surface area contributed by atoms with Crippen molar-refractivity contribution in [3.05, 3.63) is 29.8 Å². The van der Waals surface area contributed by atoms with E-state index in [1.807, 2.05) is 6.92 Å². The minimum Gasteiger partial charge on any atom is -0.744 e. The molecule has 0 atom stereocenters. The molecule has 0 N–H and O–H groups in total. The first-order valence-electron chi connectivity index (χ1n) is 10.8. The number of hydrogen-bond donors (Lipinski definition) is 0. The average molecular weight is 431 g/mol. The molecular weight excluding hydrogens is 388 g/mol. The van der Waals surface area contributed by atoms with Gasteiger partial charge in [-0.1, -0.05) is 88.8 Å². The second kappa shape index (κ2) is 17.3. The van der Waals surface area contributed by atoms with Crippen molar-refractivity contribution in [2.45, 2.75) is 95.8 Å². The minimum atomic E-state index is -4.27. The van der Waals surface area contributed by atoms with Gasteiger partial charge in [0, 0.05) is 0 Å². The van der Waals surface area contributed by atoms with Gasteiger partial charge in [-0.05, 0) is 42.8 Å². The van der Waals surface area contributed by atoms with Gasteiger partial charge >= 0.3 is 0 Å². The van der Waals surface area contributed by atoms with Crippen LogP contribution in [0.2, 0.25) is 0 Å². The maximum absolute atomic E-state index is 10.4. The van der Waals surface area contributed by atoms with E-state index < -0.39 is 10.1 Å². The summed E-state index contributed by atoms with van der Waals surface area (Å²) < 4.78 is 31.2. The largest absolute Gasteiger partial charge is 0.744 e. The van der Waals surface area contributed by atoms with Gasteiger partial charge in [-0.2, -0.15) is 0 Å². The fourth-order valence-corrected chi connectivity index (χ4v) is 4.19. The Morgan fingerprint density at radius 3 is 1.50 bits per heavy atom. The first-order chi connectivity index (χ1) is 13.3. The van der Waals surface area contributed by atoms with E-state index in [-0.39, 0.29) is 4.90 Å². The summed E-state index contributed by atoms with van der Waals surface area (Å²) >= 11 is 0. The molecule has 164 valence electrons. The molecule has 0 unspecified atom stereocenters. The lowest BCUT2D eigenvalue weighted by molar-refractivity contribution is 0.463. The van der Waals surface area contributed by atoms with Crippen molar-refractivity contribution in [1.29, 1.82) is 0 Å². The van der Waals surface area contributed by atoms with E-state index in [2.05, 4.69) is 19.4 Å². The standard InChI is InChI=1S/C16H35S.C7H8O3S/c1-4-5-6-7-8-9-10-11-12-13-14-15-16-17(2)3;1-6-2-4-7(5-3-6)11(8,9)10/h4-16H2,1-3H3;2-5H,1H3,(H,8,9,10)/q+1;/p-1. The summed E-state index contributed by atoms with van der Waals surface area (Å²) in [5.41, 5.74) is 0.928. The first-order valence-corrected chi connectivity index (χ1v) is 14.5. The Labute approximate surface area is 177 Å². The number of aryl methyl sites for hydroxylation is 1. The maximum atomic E-state index is 10.4. The van der Waals surface area contributed by atoms with Gasteiger partial charge in [0.25, 0.3) is 0 Å². The lowest BCUT2D eigenvalue weighted by Crippen LogP contribution is -2.00. The molecule has 28 heavy (non-hydrogen) atoms. The molecule has 3 nitrogen and oxygen atoms in total. The van der Waals surface area contributed by atoms with E-state index in [0.717, 1.165) is 5.56 Å². The van der Waals surface area contributed by atoms with E-state index in [4.69, 9.17) is 0 Å². The predicted octanol–water partition coefficient (Wildman–Crippen LogP) is 6.46. The Morgan fingerprint density at radius 2 is 1.14 bits per heavy atom. The Balaban J connectivity index is 0.000000567. The zero-order valence-corrected chi connectivity index (χ0v) is 20.2. The van der Waals surface area contributed by atoms with Gasteiger partial charge in [-0.3, -0.25) is 0 Å². The number of hydrogen-bond acceptors (Lipinski definition) is 3. The van der Waals surface area contributed by atoms with Crippen LogP contribution in [0.25, 0.3) is 0 Å². The molecule has 1 aromatic rings. The highest BCUT2D eigenvalue weighted by Crippen LogP contribution is 2.12. The zero-order valence-electron chi connectivity index (χ0n) is 18.5. The van der Waals surface area contributed by atoms with Gasteiger partial charge in [0.2, 0.25) is 0 Å². The predicted molar refractivity (Wildman–Crippen MR) is 124 cm³/mol. The van der Waals surface area contributed by atoms with E-state index in [1.54, 1.807) is 12.1 Å². The van der Waals surface area contributed by atoms with Crippen molar-refractivity contribution in [3.63, 3.8) is 0 Å². The van der Waals surface area contributed by atoms with Crippen LogP contribution in [-0.2, 0) is 21.0 Å². The van der Waals surface area contributed by atoms with Gasteiger partial charge in [0.05, 0.1) is 17.4 Å². The topological polar surface area (TPSA) is 57.2 Å². The molecule has 0 bridgehead atoms. The minimum absolute atomic E-state index is 0.178. The van der Waals surface area contributed by atoms with Crippen molar-refractivity contribution < 1.29 is 13.0 Å². The SMILES string of the molecule is CCCCCCCCCCCCCC[S+](C)C.Cc1ccc(S(=O)(=O)[O-])cc1. The van der Waals surface area contributed by atoms with Crippen LogP contribution in [0.15, 0.2) is 29.2 Å². The average Bonchev–Trinajstić information content (AvgIpc) is 2.62. The molecule has 0 heterocycles. The van der Waals surface area contributed by atoms with E-state index in [1.165, 1.54) is 94.9 Å². The van der Waals surface area contributed by atoms with Crippen LogP contribution in [0.4, 0.5) is 0 Å². The Hall–Kier alpha value is -0.520. The Kier molecular flexibility index (Phi) is 17.0. The molecule has 0 aliphatic carbocycles. The summed E-state index contributed by atoms with van der Waals surface area (Å²) in [7, 11) is -3.60. The van der Waals surface area contributed by atoms with Crippen molar-refractivity contribution in [1.82, 2.24) is 0 Å². The zero-order chi connectivity index (χ0) is 21.3. The highest BCUT2D eigenvalue weighted by Gasteiger charge is 2.00. The lowest BCUT2D eigenvalue weighted by atomic mass is 10.1. The van der Waals surface area contributed by atoms with Gasteiger partial charge < -0.3 is 4.55 Å². The van der Waals surface area contributed by atoms with Crippen LogP contribution in [0.5, 0.6) is 0 Å². The molecule has 1 aromatic carbocycles. The molecule has 0 aromatic heterocycles. The second-order valence-electron chi connectivity index (χ2n) is 7.85. The van der Waals surface area contributed by atoms with Crippen LogP contribution >= 0.6 is 0 Å². The lowest BCUT2D eigenvalue weighted by Gasteiger charge is -2.05. The molecule has 0 spiro atoms. The second-order valence-corrected chi connectivity index (χ2v) is 11.6. The summed E-state index contributed by atoms with van der Waals surface area (Å²) in [6.07, 6.45) is 22.3. The van der Waals surface area contributed by atoms with Gasteiger partial charge in [-0.25, -0.2) is 8.42 Å². The number of benzene rings is 1. The van der Waals surface area contributed by atoms with Gasteiger partial charge in [0.15, 0.2) is 0 Å². The Morgan fingerprint density at radius 1 is 0.750 bits per heavy atom. The van der Waals surface area contributed by atoms with Crippen molar-refractivity contribution in [3.8, 4) is 0 Å². The van der Waals surface area contributed by atoms with Crippen LogP contribution in [0, 0.1) is 6.92 Å². The fraction of sp³-hybridized carbons (Fsp3) is 0.739. The number of rotatable bonds is 14. The molecule has 0 saturated carbocycles. The van der Waals surface area contributed by atoms with Crippen molar-refractivity contribution in [2.24, 2.45) is 0 Å². The van der Waals surface area contributed by atoms with Gasteiger partial charge in [-0.15, -0.1) is 0 Å². The van der Waals surface area contributed by atoms with Crippen LogP contribution in [0.1, 0.15) is 89.5 Å². The van der Waals surface area contributed by atoms with Gasteiger partial charge in [0.1, 0.15) is 15.9 Å². The fourth-order valence-electron chi connectivity index (χ4n) is 2.94. The molecule has 1 rings (SSSR count). The third-order valence-corrected chi connectivity index (χ3v) is 6.67. The van der Waals surface area contributed by atoms with E-state index in [9.17, 15) is 13.0 Å². The Bertz CT molecular complexity index is 566. The maximum Gasteiger partial charge on any atom is 0.124 e. The number of unbranched alkanes of at least 4 members (excludes halogenated alkanes) is 11. The third-order valence-electron chi connectivity index (χ3n) is 4.72. The monoisotopic (exact) mass is 430 g/mol. The summed E-state index contributed by atoms with van der Waals surface area (Å²) in [5, 5.41) is 0. The van der Waals surface area contributed by atoms with Crippen LogP contribution in [-0.4, -0.2) is 31.2 Å². The molecule has 0 fully saturated rings. The van der Waals surface area contributed by atoms with Crippen molar-refractivity contribution >= 4 is 21.0 Å². The first kappa shape index (κ1) is 27.5. The third kappa shape index (κ3) is 17.6. The molecule has 0 amide bonds. The molecule has 5 heteroatoms. The van der Waals surface area contributed by atoms with E-state index in [0.29, 0.717) is 10.9 Å². The molecule has 0 aliphatic rings. The highest BCUT2D eigenvalue weighted by atomic mass is 32.2. The van der Waals surface area contributed by atoms with Crippen LogP contribution < -0.4 is 0 Å². The van der Waals surface area contributed by atoms with Crippen LogP contribution in [0.3, 0.4) is 0 Å². The van der Waals surface area contributed by atoms with E-state index >= 15 is 0 Å². The molecule has 0 saturated heterocycles. The summed E-state index contributed by atoms with van der Waals surface area (Å²) in [4.78, 5) is -0.178. The molecular formula is C23H42O3S2. The molecule has 0 aliphatic heterocycles. The summed E-state index contributed by atoms with van der Waals surface area (Å²) in [5.74, 6) is 1.46. The smallest absolute Gasteiger partial charge is 0.124 e. The van der Waals surface area contributed by atoms with Crippen molar-refractivity contribution in [2.75, 3.05) is 18.3 Å². The molecule has 0 radical (unpaired) electrons.